The molecule has 1 aliphatic carbocycles. The van der Waals surface area contributed by atoms with Gasteiger partial charge in [0.25, 0.3) is 0 Å². The number of fused-ring (bicyclic) bond motifs is 2. The fourth-order valence-corrected chi connectivity index (χ4v) is 3.17. The Morgan fingerprint density at radius 2 is 2.32 bits per heavy atom. The van der Waals surface area contributed by atoms with Crippen molar-refractivity contribution in [3.8, 4) is 0 Å². The zero-order valence-electron chi connectivity index (χ0n) is 10.8. The van der Waals surface area contributed by atoms with Crippen molar-refractivity contribution in [1.82, 2.24) is 4.98 Å². The van der Waals surface area contributed by atoms with E-state index in [2.05, 4.69) is 6.58 Å². The van der Waals surface area contributed by atoms with E-state index in [1.807, 2.05) is 24.3 Å². The van der Waals surface area contributed by atoms with Crippen LogP contribution in [-0.4, -0.2) is 11.5 Å². The minimum Gasteiger partial charge on any atom is -0.330 e. The normalized spacial score (nSPS) is 18.3. The van der Waals surface area contributed by atoms with E-state index in [-0.39, 0.29) is 0 Å². The second-order valence-corrected chi connectivity index (χ2v) is 5.55. The lowest BCUT2D eigenvalue weighted by atomic mass is 9.86. The largest absolute Gasteiger partial charge is 0.330 e. The van der Waals surface area contributed by atoms with Gasteiger partial charge in [0, 0.05) is 11.1 Å². The van der Waals surface area contributed by atoms with Gasteiger partial charge in [-0.05, 0) is 48.9 Å². The van der Waals surface area contributed by atoms with Crippen LogP contribution in [0.5, 0.6) is 0 Å². The maximum Gasteiger partial charge on any atom is 0.0726 e. The molecule has 98 valence electrons. The maximum absolute atomic E-state index is 6.55. The van der Waals surface area contributed by atoms with Gasteiger partial charge in [-0.2, -0.15) is 0 Å². The molecular formula is C16H17ClN2. The first-order valence-corrected chi connectivity index (χ1v) is 7.04. The molecule has 0 aliphatic heterocycles. The number of benzene rings is 1. The highest BCUT2D eigenvalue weighted by Gasteiger charge is 2.22. The van der Waals surface area contributed by atoms with Crippen LogP contribution in [0.1, 0.15) is 23.2 Å². The Kier molecular flexibility index (Phi) is 3.29. The molecule has 3 heteroatoms. The van der Waals surface area contributed by atoms with E-state index in [0.717, 1.165) is 53.0 Å². The quantitative estimate of drug-likeness (QED) is 0.907. The molecule has 0 amide bonds. The Morgan fingerprint density at radius 1 is 1.47 bits per heavy atom. The molecule has 0 saturated carbocycles. The van der Waals surface area contributed by atoms with E-state index in [1.54, 1.807) is 0 Å². The smallest absolute Gasteiger partial charge is 0.0726 e. The lowest BCUT2D eigenvalue weighted by Gasteiger charge is -2.24. The van der Waals surface area contributed by atoms with Crippen LogP contribution in [0.4, 0.5) is 0 Å². The Balaban J connectivity index is 2.19. The SMILES string of the molecule is C=Cc1ccc2c(Cl)c3c(nc2c1)CC(CN)CC3. The Bertz CT molecular complexity index is 649. The molecule has 2 nitrogen and oxygen atoms in total. The van der Waals surface area contributed by atoms with Gasteiger partial charge in [-0.1, -0.05) is 36.4 Å². The topological polar surface area (TPSA) is 38.9 Å². The molecule has 1 unspecified atom stereocenters. The van der Waals surface area contributed by atoms with Crippen LogP contribution in [0.3, 0.4) is 0 Å². The van der Waals surface area contributed by atoms with Gasteiger partial charge < -0.3 is 5.73 Å². The lowest BCUT2D eigenvalue weighted by molar-refractivity contribution is 0.462. The third-order valence-electron chi connectivity index (χ3n) is 3.98. The first-order valence-electron chi connectivity index (χ1n) is 6.66. The number of rotatable bonds is 2. The molecule has 0 fully saturated rings. The second-order valence-electron chi connectivity index (χ2n) is 5.18. The molecule has 1 atom stereocenters. The van der Waals surface area contributed by atoms with Crippen LogP contribution in [0.2, 0.25) is 5.02 Å². The van der Waals surface area contributed by atoms with Gasteiger partial charge in [0.15, 0.2) is 0 Å². The minimum atomic E-state index is 0.538. The van der Waals surface area contributed by atoms with Crippen molar-refractivity contribution in [3.05, 3.63) is 46.6 Å². The molecule has 1 aromatic carbocycles. The minimum absolute atomic E-state index is 0.538. The standard InChI is InChI=1S/C16H17ClN2/c1-2-10-3-5-12-14(7-10)19-15-8-11(9-18)4-6-13(15)16(12)17/h2-3,5,7,11H,1,4,6,8-9,18H2. The van der Waals surface area contributed by atoms with Crippen molar-refractivity contribution >= 4 is 28.6 Å². The van der Waals surface area contributed by atoms with Crippen LogP contribution in [0.15, 0.2) is 24.8 Å². The molecule has 0 radical (unpaired) electrons. The lowest BCUT2D eigenvalue weighted by Crippen LogP contribution is -2.23. The third-order valence-corrected chi connectivity index (χ3v) is 4.41. The van der Waals surface area contributed by atoms with Crippen LogP contribution < -0.4 is 5.73 Å². The second kappa shape index (κ2) is 4.95. The Labute approximate surface area is 118 Å². The Hall–Kier alpha value is -1.38. The first-order chi connectivity index (χ1) is 9.22. The molecule has 0 bridgehead atoms. The molecule has 2 N–H and O–H groups in total. The van der Waals surface area contributed by atoms with E-state index < -0.39 is 0 Å². The van der Waals surface area contributed by atoms with Gasteiger partial charge in [0.2, 0.25) is 0 Å². The first kappa shape index (κ1) is 12.6. The maximum atomic E-state index is 6.55. The predicted octanol–water partition coefficient (Wildman–Crippen LogP) is 3.59. The van der Waals surface area contributed by atoms with Gasteiger partial charge in [-0.25, -0.2) is 0 Å². The van der Waals surface area contributed by atoms with Gasteiger partial charge in [0.1, 0.15) is 0 Å². The zero-order chi connectivity index (χ0) is 13.4. The van der Waals surface area contributed by atoms with Gasteiger partial charge >= 0.3 is 0 Å². The van der Waals surface area contributed by atoms with E-state index in [4.69, 9.17) is 22.3 Å². The van der Waals surface area contributed by atoms with Gasteiger partial charge in [-0.15, -0.1) is 0 Å². The fraction of sp³-hybridized carbons (Fsp3) is 0.312. The van der Waals surface area contributed by atoms with Gasteiger partial charge in [-0.3, -0.25) is 4.98 Å². The third kappa shape index (κ3) is 2.15. The number of halogens is 1. The number of pyridine rings is 1. The molecule has 1 heterocycles. The molecule has 0 saturated heterocycles. The number of hydrogen-bond donors (Lipinski definition) is 1. The fourth-order valence-electron chi connectivity index (χ4n) is 2.80. The van der Waals surface area contributed by atoms with Crippen molar-refractivity contribution < 1.29 is 0 Å². The predicted molar refractivity (Wildman–Crippen MR) is 81.4 cm³/mol. The van der Waals surface area contributed by atoms with Crippen molar-refractivity contribution in [2.45, 2.75) is 19.3 Å². The molecular weight excluding hydrogens is 256 g/mol. The summed E-state index contributed by atoms with van der Waals surface area (Å²) in [5.41, 5.74) is 10.1. The molecule has 1 aromatic heterocycles. The molecule has 0 spiro atoms. The van der Waals surface area contributed by atoms with E-state index in [1.165, 1.54) is 5.56 Å². The van der Waals surface area contributed by atoms with Gasteiger partial charge in [0.05, 0.1) is 10.5 Å². The van der Waals surface area contributed by atoms with Crippen molar-refractivity contribution in [3.63, 3.8) is 0 Å². The molecule has 1 aliphatic rings. The summed E-state index contributed by atoms with van der Waals surface area (Å²) in [6, 6.07) is 6.11. The monoisotopic (exact) mass is 272 g/mol. The summed E-state index contributed by atoms with van der Waals surface area (Å²) in [6.07, 6.45) is 4.88. The van der Waals surface area contributed by atoms with E-state index >= 15 is 0 Å². The number of nitrogens with two attached hydrogens (primary N) is 1. The van der Waals surface area contributed by atoms with E-state index in [9.17, 15) is 0 Å². The summed E-state index contributed by atoms with van der Waals surface area (Å²) in [7, 11) is 0. The Morgan fingerprint density at radius 3 is 3.05 bits per heavy atom. The van der Waals surface area contributed by atoms with E-state index in [0.29, 0.717) is 5.92 Å². The highest BCUT2D eigenvalue weighted by molar-refractivity contribution is 6.36. The molecule has 3 rings (SSSR count). The average molecular weight is 273 g/mol. The van der Waals surface area contributed by atoms with Crippen molar-refractivity contribution in [2.75, 3.05) is 6.54 Å². The zero-order valence-corrected chi connectivity index (χ0v) is 11.6. The summed E-state index contributed by atoms with van der Waals surface area (Å²) >= 11 is 6.55. The van der Waals surface area contributed by atoms with Crippen LogP contribution >= 0.6 is 11.6 Å². The van der Waals surface area contributed by atoms with Crippen LogP contribution in [-0.2, 0) is 12.8 Å². The summed E-state index contributed by atoms with van der Waals surface area (Å²) < 4.78 is 0. The summed E-state index contributed by atoms with van der Waals surface area (Å²) in [4.78, 5) is 4.80. The summed E-state index contributed by atoms with van der Waals surface area (Å²) in [5.74, 6) is 0.538. The highest BCUT2D eigenvalue weighted by atomic mass is 35.5. The molecule has 19 heavy (non-hydrogen) atoms. The van der Waals surface area contributed by atoms with Crippen LogP contribution in [0.25, 0.3) is 17.0 Å². The van der Waals surface area contributed by atoms with Crippen LogP contribution in [0, 0.1) is 5.92 Å². The number of hydrogen-bond acceptors (Lipinski definition) is 2. The summed E-state index contributed by atoms with van der Waals surface area (Å²) in [6.45, 7) is 4.52. The highest BCUT2D eigenvalue weighted by Crippen LogP contribution is 2.34. The number of nitrogens with zero attached hydrogens (tertiary/aromatic N) is 1. The number of aromatic nitrogens is 1. The van der Waals surface area contributed by atoms with Crippen molar-refractivity contribution in [1.29, 1.82) is 0 Å². The summed E-state index contributed by atoms with van der Waals surface area (Å²) in [5, 5.41) is 1.91. The average Bonchev–Trinajstić information content (AvgIpc) is 2.46. The molecule has 2 aromatic rings. The van der Waals surface area contributed by atoms with Crippen molar-refractivity contribution in [2.24, 2.45) is 11.7 Å².